The van der Waals surface area contributed by atoms with Crippen molar-refractivity contribution in [3.8, 4) is 0 Å². The summed E-state index contributed by atoms with van der Waals surface area (Å²) in [5, 5.41) is 10.6. The third-order valence-corrected chi connectivity index (χ3v) is 18.0. The second-order valence-corrected chi connectivity index (χ2v) is 30.1. The Labute approximate surface area is 543 Å². The SMILES string of the molecule is CC(C)CCCCCCCCCCCCCCC(=O)OC[C@H](COP(=O)(O)OC[C@@H](O)COP(=O)(O)OC[C@@H](COC(=O)CCCCCCCCC(C)C)OC(=O)CCCCCCCCCCCC(C)C)OC(=O)CCCCCCCCCCCCC(C)C. The number of ether oxygens (including phenoxy) is 4. The number of hydrogen-bond acceptors (Lipinski definition) is 15. The van der Waals surface area contributed by atoms with Crippen molar-refractivity contribution in [3.63, 3.8) is 0 Å². The molecule has 19 heteroatoms. The number of carbonyl (C=O) groups excluding carboxylic acids is 4. The quantitative estimate of drug-likeness (QED) is 0.0222. The van der Waals surface area contributed by atoms with Crippen LogP contribution in [0.15, 0.2) is 0 Å². The Balaban J connectivity index is 5.25. The van der Waals surface area contributed by atoms with Crippen molar-refractivity contribution >= 4 is 39.5 Å². The number of phosphoric ester groups is 2. The van der Waals surface area contributed by atoms with Crippen molar-refractivity contribution in [2.24, 2.45) is 23.7 Å². The number of rotatable bonds is 67. The van der Waals surface area contributed by atoms with Gasteiger partial charge in [0, 0.05) is 25.7 Å². The van der Waals surface area contributed by atoms with Gasteiger partial charge < -0.3 is 33.8 Å². The summed E-state index contributed by atoms with van der Waals surface area (Å²) in [4.78, 5) is 72.5. The van der Waals surface area contributed by atoms with Crippen LogP contribution in [0.3, 0.4) is 0 Å². The third kappa shape index (κ3) is 64.6. The monoisotopic (exact) mass is 1310 g/mol. The fourth-order valence-electron chi connectivity index (χ4n) is 10.5. The number of unbranched alkanes of at least 4 members (excludes halogenated alkanes) is 33. The van der Waals surface area contributed by atoms with Crippen LogP contribution < -0.4 is 0 Å². The molecule has 0 aliphatic carbocycles. The lowest BCUT2D eigenvalue weighted by atomic mass is 10.0. The van der Waals surface area contributed by atoms with Gasteiger partial charge in [0.1, 0.15) is 19.3 Å². The van der Waals surface area contributed by atoms with Gasteiger partial charge in [0.25, 0.3) is 0 Å². The summed E-state index contributed by atoms with van der Waals surface area (Å²) in [7, 11) is -9.90. The molecule has 0 aromatic rings. The maximum absolute atomic E-state index is 13.0. The second-order valence-electron chi connectivity index (χ2n) is 27.2. The van der Waals surface area contributed by atoms with Gasteiger partial charge in [-0.25, -0.2) is 9.13 Å². The van der Waals surface area contributed by atoms with Crippen molar-refractivity contribution in [1.82, 2.24) is 0 Å². The van der Waals surface area contributed by atoms with E-state index in [-0.39, 0.29) is 25.7 Å². The molecule has 0 bridgehead atoms. The zero-order valence-electron chi connectivity index (χ0n) is 58.1. The van der Waals surface area contributed by atoms with E-state index in [4.69, 9.17) is 37.0 Å². The standard InChI is InChI=1S/C70H136O17P2/c1-60(2)46-38-30-22-16-11-9-10-12-19-25-34-42-50-67(72)80-56-65(86-69(74)52-44-36-26-20-14-13-17-23-31-39-47-61(3)4)58-84-88(76,77)82-54-64(71)55-83-89(78,79)85-59-66(57-81-68(73)51-43-35-29-28-33-41-49-63(7)8)87-70(75)53-45-37-27-21-15-18-24-32-40-48-62(5)6/h60-66,71H,9-59H2,1-8H3,(H,76,77)(H,78,79)/t64-,65-,66-/m1/s1. The predicted octanol–water partition coefficient (Wildman–Crippen LogP) is 19.7. The Bertz CT molecular complexity index is 1760. The Morgan fingerprint density at radius 2 is 0.472 bits per heavy atom. The molecular weight excluding hydrogens is 1170 g/mol. The maximum Gasteiger partial charge on any atom is 0.472 e. The first kappa shape index (κ1) is 87.1. The molecule has 0 radical (unpaired) electrons. The minimum Gasteiger partial charge on any atom is -0.462 e. The summed E-state index contributed by atoms with van der Waals surface area (Å²) in [6.45, 7) is 14.0. The molecule has 2 unspecified atom stereocenters. The lowest BCUT2D eigenvalue weighted by Gasteiger charge is -2.21. The number of esters is 4. The minimum absolute atomic E-state index is 0.104. The van der Waals surface area contributed by atoms with E-state index in [2.05, 4.69) is 55.4 Å². The van der Waals surface area contributed by atoms with Crippen LogP contribution in [0.2, 0.25) is 0 Å². The smallest absolute Gasteiger partial charge is 0.462 e. The largest absolute Gasteiger partial charge is 0.472 e. The molecule has 89 heavy (non-hydrogen) atoms. The van der Waals surface area contributed by atoms with Crippen LogP contribution >= 0.6 is 15.6 Å². The first-order valence-corrected chi connectivity index (χ1v) is 39.2. The van der Waals surface area contributed by atoms with Gasteiger partial charge in [-0.15, -0.1) is 0 Å². The zero-order valence-corrected chi connectivity index (χ0v) is 59.8. The number of aliphatic hydroxyl groups is 1. The Kier molecular flexibility index (Phi) is 58.5. The van der Waals surface area contributed by atoms with E-state index >= 15 is 0 Å². The molecule has 0 rings (SSSR count). The molecule has 17 nitrogen and oxygen atoms in total. The molecule has 3 N–H and O–H groups in total. The van der Waals surface area contributed by atoms with Gasteiger partial charge in [-0.1, -0.05) is 293 Å². The van der Waals surface area contributed by atoms with Crippen LogP contribution in [0.1, 0.15) is 344 Å². The molecule has 0 heterocycles. The first-order valence-electron chi connectivity index (χ1n) is 36.2. The number of aliphatic hydroxyl groups excluding tert-OH is 1. The zero-order chi connectivity index (χ0) is 66.1. The molecule has 0 amide bonds. The predicted molar refractivity (Wildman–Crippen MR) is 358 cm³/mol. The Morgan fingerprint density at radius 1 is 0.281 bits per heavy atom. The minimum atomic E-state index is -4.95. The van der Waals surface area contributed by atoms with Crippen LogP contribution in [0.4, 0.5) is 0 Å². The summed E-state index contributed by atoms with van der Waals surface area (Å²) in [5.74, 6) is 0.819. The number of phosphoric acid groups is 2. The van der Waals surface area contributed by atoms with Crippen molar-refractivity contribution in [3.05, 3.63) is 0 Å². The fraction of sp³-hybridized carbons (Fsp3) is 0.943. The molecule has 0 aromatic carbocycles. The molecule has 0 fully saturated rings. The topological polar surface area (TPSA) is 237 Å². The summed E-state index contributed by atoms with van der Waals surface area (Å²) in [6, 6.07) is 0. The van der Waals surface area contributed by atoms with E-state index in [1.54, 1.807) is 0 Å². The highest BCUT2D eigenvalue weighted by atomic mass is 31.2. The van der Waals surface area contributed by atoms with E-state index in [1.807, 2.05) is 0 Å². The van der Waals surface area contributed by atoms with Gasteiger partial charge in [0.05, 0.1) is 26.4 Å². The molecule has 5 atom stereocenters. The fourth-order valence-corrected chi connectivity index (χ4v) is 12.1. The van der Waals surface area contributed by atoms with Gasteiger partial charge in [0.15, 0.2) is 12.2 Å². The summed E-state index contributed by atoms with van der Waals surface area (Å²) in [5.41, 5.74) is 0. The van der Waals surface area contributed by atoms with Crippen LogP contribution in [-0.2, 0) is 65.4 Å². The molecule has 528 valence electrons. The van der Waals surface area contributed by atoms with Gasteiger partial charge in [-0.05, 0) is 49.4 Å². The maximum atomic E-state index is 13.0. The first-order chi connectivity index (χ1) is 42.6. The number of hydrogen-bond donors (Lipinski definition) is 3. The molecule has 0 aromatic heterocycles. The van der Waals surface area contributed by atoms with E-state index < -0.39 is 97.5 Å². The van der Waals surface area contributed by atoms with E-state index in [0.29, 0.717) is 31.6 Å². The molecule has 0 saturated carbocycles. The molecule has 0 aliphatic rings. The van der Waals surface area contributed by atoms with Crippen LogP contribution in [0, 0.1) is 23.7 Å². The van der Waals surface area contributed by atoms with Crippen LogP contribution in [-0.4, -0.2) is 96.7 Å². The highest BCUT2D eigenvalue weighted by molar-refractivity contribution is 7.47. The molecule has 0 aliphatic heterocycles. The molecule has 0 spiro atoms. The highest BCUT2D eigenvalue weighted by Gasteiger charge is 2.30. The highest BCUT2D eigenvalue weighted by Crippen LogP contribution is 2.45. The molecule has 0 saturated heterocycles. The summed E-state index contributed by atoms with van der Waals surface area (Å²) >= 11 is 0. The van der Waals surface area contributed by atoms with Crippen molar-refractivity contribution in [2.45, 2.75) is 363 Å². The van der Waals surface area contributed by atoms with Gasteiger partial charge in [0.2, 0.25) is 0 Å². The van der Waals surface area contributed by atoms with Gasteiger partial charge >= 0.3 is 39.5 Å². The Morgan fingerprint density at radius 3 is 0.697 bits per heavy atom. The van der Waals surface area contributed by atoms with Crippen LogP contribution in [0.5, 0.6) is 0 Å². The lowest BCUT2D eigenvalue weighted by Crippen LogP contribution is -2.30. The van der Waals surface area contributed by atoms with Crippen molar-refractivity contribution < 1.29 is 80.2 Å². The number of carbonyl (C=O) groups is 4. The Hall–Kier alpha value is -1.94. The second kappa shape index (κ2) is 59.8. The van der Waals surface area contributed by atoms with Crippen molar-refractivity contribution in [2.75, 3.05) is 39.6 Å². The van der Waals surface area contributed by atoms with E-state index in [9.17, 15) is 43.2 Å². The van der Waals surface area contributed by atoms with E-state index in [0.717, 1.165) is 114 Å². The lowest BCUT2D eigenvalue weighted by molar-refractivity contribution is -0.161. The summed E-state index contributed by atoms with van der Waals surface area (Å²) < 4.78 is 68.3. The van der Waals surface area contributed by atoms with Gasteiger partial charge in [-0.2, -0.15) is 0 Å². The average molecular weight is 1310 g/mol. The van der Waals surface area contributed by atoms with Crippen LogP contribution in [0.25, 0.3) is 0 Å². The summed E-state index contributed by atoms with van der Waals surface area (Å²) in [6.07, 6.45) is 41.8. The van der Waals surface area contributed by atoms with E-state index in [1.165, 1.54) is 141 Å². The molecular formula is C70H136O17P2. The van der Waals surface area contributed by atoms with Crippen molar-refractivity contribution in [1.29, 1.82) is 0 Å². The third-order valence-electron chi connectivity index (χ3n) is 16.1. The van der Waals surface area contributed by atoms with Gasteiger partial charge in [-0.3, -0.25) is 37.3 Å². The average Bonchev–Trinajstić information content (AvgIpc) is 3.63. The normalized spacial score (nSPS) is 14.3.